The van der Waals surface area contributed by atoms with Gasteiger partial charge < -0.3 is 14.8 Å². The highest BCUT2D eigenvalue weighted by atomic mass is 32.2. The fourth-order valence-corrected chi connectivity index (χ4v) is 4.18. The molecule has 4 rings (SSSR count). The van der Waals surface area contributed by atoms with Gasteiger partial charge >= 0.3 is 5.97 Å². The average Bonchev–Trinajstić information content (AvgIpc) is 3.30. The summed E-state index contributed by atoms with van der Waals surface area (Å²) in [6.07, 6.45) is 0.596. The smallest absolute Gasteiger partial charge is 0.337 e. The highest BCUT2D eigenvalue weighted by molar-refractivity contribution is 7.99. The second-order valence-corrected chi connectivity index (χ2v) is 8.44. The molecular formula is C26H24N4O4S. The second kappa shape index (κ2) is 11.3. The number of amides is 1. The summed E-state index contributed by atoms with van der Waals surface area (Å²) in [5.74, 6) is 1.02. The van der Waals surface area contributed by atoms with Crippen LogP contribution in [0.5, 0.6) is 5.75 Å². The van der Waals surface area contributed by atoms with Gasteiger partial charge in [-0.3, -0.25) is 9.36 Å². The molecule has 9 heteroatoms. The van der Waals surface area contributed by atoms with Crippen molar-refractivity contribution in [2.75, 3.05) is 25.3 Å². The van der Waals surface area contributed by atoms with Crippen molar-refractivity contribution in [1.29, 1.82) is 0 Å². The van der Waals surface area contributed by atoms with Crippen LogP contribution in [0.4, 0.5) is 5.69 Å². The van der Waals surface area contributed by atoms with Crippen molar-refractivity contribution in [3.63, 3.8) is 0 Å². The van der Waals surface area contributed by atoms with E-state index in [1.165, 1.54) is 18.9 Å². The van der Waals surface area contributed by atoms with Crippen LogP contribution >= 0.6 is 11.8 Å². The molecule has 0 aliphatic carbocycles. The number of hydrogen-bond acceptors (Lipinski definition) is 7. The van der Waals surface area contributed by atoms with Crippen molar-refractivity contribution in [1.82, 2.24) is 14.8 Å². The van der Waals surface area contributed by atoms with Gasteiger partial charge in [-0.2, -0.15) is 0 Å². The Morgan fingerprint density at radius 1 is 0.914 bits per heavy atom. The maximum Gasteiger partial charge on any atom is 0.337 e. The number of nitrogens with one attached hydrogen (secondary N) is 1. The van der Waals surface area contributed by atoms with E-state index < -0.39 is 5.97 Å². The van der Waals surface area contributed by atoms with E-state index in [2.05, 4.69) is 15.5 Å². The molecule has 0 saturated heterocycles. The first-order valence-electron chi connectivity index (χ1n) is 10.8. The largest absolute Gasteiger partial charge is 0.497 e. The van der Waals surface area contributed by atoms with E-state index in [1.54, 1.807) is 31.4 Å². The molecule has 1 amide bonds. The SMILES string of the molecule is COC(=O)c1ccc(NC(=O)CSc2nnc(Cc3ccccc3)n2-c2ccc(OC)cc2)cc1. The molecule has 1 N–H and O–H groups in total. The minimum absolute atomic E-state index is 0.137. The molecule has 178 valence electrons. The number of aromatic nitrogens is 3. The van der Waals surface area contributed by atoms with Crippen molar-refractivity contribution < 1.29 is 19.1 Å². The third-order valence-electron chi connectivity index (χ3n) is 5.16. The minimum atomic E-state index is -0.428. The third-order valence-corrected chi connectivity index (χ3v) is 6.09. The van der Waals surface area contributed by atoms with Gasteiger partial charge in [-0.05, 0) is 54.1 Å². The molecule has 0 atom stereocenters. The van der Waals surface area contributed by atoms with E-state index >= 15 is 0 Å². The Labute approximate surface area is 207 Å². The minimum Gasteiger partial charge on any atom is -0.497 e. The van der Waals surface area contributed by atoms with Gasteiger partial charge in [0.2, 0.25) is 5.91 Å². The summed E-state index contributed by atoms with van der Waals surface area (Å²) in [5, 5.41) is 12.2. The van der Waals surface area contributed by atoms with Crippen molar-refractivity contribution in [2.24, 2.45) is 0 Å². The number of thioether (sulfide) groups is 1. The Bertz CT molecular complexity index is 1290. The number of esters is 1. The van der Waals surface area contributed by atoms with Crippen LogP contribution in [0.3, 0.4) is 0 Å². The number of carbonyl (C=O) groups is 2. The first kappa shape index (κ1) is 24.0. The zero-order valence-electron chi connectivity index (χ0n) is 19.3. The molecule has 0 aliphatic heterocycles. The first-order valence-corrected chi connectivity index (χ1v) is 11.8. The van der Waals surface area contributed by atoms with Crippen LogP contribution in [0.1, 0.15) is 21.7 Å². The van der Waals surface area contributed by atoms with Crippen molar-refractivity contribution in [2.45, 2.75) is 11.6 Å². The number of carbonyl (C=O) groups excluding carboxylic acids is 2. The van der Waals surface area contributed by atoms with E-state index in [1.807, 2.05) is 59.2 Å². The molecule has 35 heavy (non-hydrogen) atoms. The number of rotatable bonds is 9. The van der Waals surface area contributed by atoms with Crippen LogP contribution in [-0.2, 0) is 16.0 Å². The van der Waals surface area contributed by atoms with Crippen LogP contribution < -0.4 is 10.1 Å². The molecule has 0 saturated carbocycles. The average molecular weight is 489 g/mol. The molecular weight excluding hydrogens is 464 g/mol. The Morgan fingerprint density at radius 3 is 2.29 bits per heavy atom. The van der Waals surface area contributed by atoms with E-state index in [9.17, 15) is 9.59 Å². The quantitative estimate of drug-likeness (QED) is 0.276. The molecule has 0 aliphatic rings. The van der Waals surface area contributed by atoms with E-state index in [4.69, 9.17) is 9.47 Å². The van der Waals surface area contributed by atoms with E-state index in [-0.39, 0.29) is 11.7 Å². The van der Waals surface area contributed by atoms with Gasteiger partial charge in [0, 0.05) is 17.8 Å². The molecule has 1 heterocycles. The van der Waals surface area contributed by atoms with Gasteiger partial charge in [0.1, 0.15) is 11.6 Å². The topological polar surface area (TPSA) is 95.3 Å². The van der Waals surface area contributed by atoms with Crippen molar-refractivity contribution in [3.8, 4) is 11.4 Å². The summed E-state index contributed by atoms with van der Waals surface area (Å²) in [6.45, 7) is 0. The van der Waals surface area contributed by atoms with Crippen molar-refractivity contribution >= 4 is 29.3 Å². The molecule has 8 nitrogen and oxygen atoms in total. The van der Waals surface area contributed by atoms with Crippen LogP contribution in [0.2, 0.25) is 0 Å². The Hall–Kier alpha value is -4.11. The fraction of sp³-hybridized carbons (Fsp3) is 0.154. The summed E-state index contributed by atoms with van der Waals surface area (Å²) in [5.41, 5.74) is 2.99. The highest BCUT2D eigenvalue weighted by Crippen LogP contribution is 2.25. The van der Waals surface area contributed by atoms with Gasteiger partial charge in [0.25, 0.3) is 0 Å². The zero-order valence-corrected chi connectivity index (χ0v) is 20.1. The van der Waals surface area contributed by atoms with Gasteiger partial charge in [-0.15, -0.1) is 10.2 Å². The number of ether oxygens (including phenoxy) is 2. The molecule has 0 radical (unpaired) electrons. The fourth-order valence-electron chi connectivity index (χ4n) is 3.41. The summed E-state index contributed by atoms with van der Waals surface area (Å²) in [6, 6.07) is 24.2. The van der Waals surface area contributed by atoms with Crippen LogP contribution in [0, 0.1) is 0 Å². The van der Waals surface area contributed by atoms with Gasteiger partial charge in [-0.25, -0.2) is 4.79 Å². The summed E-state index contributed by atoms with van der Waals surface area (Å²) >= 11 is 1.29. The zero-order chi connectivity index (χ0) is 24.6. The molecule has 3 aromatic carbocycles. The predicted molar refractivity (Wildman–Crippen MR) is 134 cm³/mol. The molecule has 4 aromatic rings. The maximum atomic E-state index is 12.6. The van der Waals surface area contributed by atoms with Crippen molar-refractivity contribution in [3.05, 3.63) is 95.8 Å². The summed E-state index contributed by atoms with van der Waals surface area (Å²) < 4.78 is 11.9. The molecule has 0 spiro atoms. The van der Waals surface area contributed by atoms with Gasteiger partial charge in [0.05, 0.1) is 25.5 Å². The summed E-state index contributed by atoms with van der Waals surface area (Å²) in [7, 11) is 2.95. The standard InChI is InChI=1S/C26H24N4O4S/c1-33-22-14-12-21(13-15-22)30-23(16-18-6-4-3-5-7-18)28-29-26(30)35-17-24(31)27-20-10-8-19(9-11-20)25(32)34-2/h3-15H,16-17H2,1-2H3,(H,27,31). The lowest BCUT2D eigenvalue weighted by molar-refractivity contribution is -0.113. The molecule has 0 bridgehead atoms. The third kappa shape index (κ3) is 6.07. The number of anilines is 1. The molecule has 0 fully saturated rings. The lowest BCUT2D eigenvalue weighted by atomic mass is 10.1. The molecule has 1 aromatic heterocycles. The lowest BCUT2D eigenvalue weighted by Crippen LogP contribution is -2.15. The number of methoxy groups -OCH3 is 2. The Kier molecular flexibility index (Phi) is 7.79. The van der Waals surface area contributed by atoms with Gasteiger partial charge in [-0.1, -0.05) is 42.1 Å². The normalized spacial score (nSPS) is 10.6. The van der Waals surface area contributed by atoms with Crippen LogP contribution in [0.15, 0.2) is 84.0 Å². The Morgan fingerprint density at radius 2 is 1.63 bits per heavy atom. The number of hydrogen-bond donors (Lipinski definition) is 1. The van der Waals surface area contributed by atoms with Gasteiger partial charge in [0.15, 0.2) is 5.16 Å². The number of benzene rings is 3. The lowest BCUT2D eigenvalue weighted by Gasteiger charge is -2.11. The molecule has 0 unspecified atom stereocenters. The number of nitrogens with zero attached hydrogens (tertiary/aromatic N) is 3. The first-order chi connectivity index (χ1) is 17.1. The Balaban J connectivity index is 1.50. The monoisotopic (exact) mass is 488 g/mol. The van der Waals surface area contributed by atoms with E-state index in [0.717, 1.165) is 22.8 Å². The highest BCUT2D eigenvalue weighted by Gasteiger charge is 2.17. The maximum absolute atomic E-state index is 12.6. The van der Waals surface area contributed by atoms with E-state index in [0.29, 0.717) is 22.8 Å². The van der Waals surface area contributed by atoms with Crippen LogP contribution in [0.25, 0.3) is 5.69 Å². The second-order valence-electron chi connectivity index (χ2n) is 7.50. The van der Waals surface area contributed by atoms with Crippen LogP contribution in [-0.4, -0.2) is 46.6 Å². The summed E-state index contributed by atoms with van der Waals surface area (Å²) in [4.78, 5) is 24.2. The predicted octanol–water partition coefficient (Wildman–Crippen LogP) is 4.38.